The van der Waals surface area contributed by atoms with Gasteiger partial charge < -0.3 is 9.47 Å². The van der Waals surface area contributed by atoms with Crippen molar-refractivity contribution in [1.29, 1.82) is 0 Å². The number of hydrogen-bond donors (Lipinski definition) is 3. The van der Waals surface area contributed by atoms with Gasteiger partial charge in [0.25, 0.3) is 11.8 Å². The predicted molar refractivity (Wildman–Crippen MR) is 133 cm³/mol. The van der Waals surface area contributed by atoms with Crippen LogP contribution in [0.5, 0.6) is 11.5 Å². The first kappa shape index (κ1) is 26.1. The molecule has 8 heteroatoms. The molecular formula is C25H33N3O4S. The van der Waals surface area contributed by atoms with Crippen LogP contribution in [0.2, 0.25) is 0 Å². The van der Waals surface area contributed by atoms with Gasteiger partial charge in [-0.2, -0.15) is 0 Å². The third-order valence-corrected chi connectivity index (χ3v) is 5.05. The number of unbranched alkanes of at least 4 members (excludes halogenated alkanes) is 3. The van der Waals surface area contributed by atoms with Gasteiger partial charge in [0.1, 0.15) is 11.5 Å². The van der Waals surface area contributed by atoms with E-state index in [1.807, 2.05) is 24.3 Å². The maximum absolute atomic E-state index is 12.3. The summed E-state index contributed by atoms with van der Waals surface area (Å²) in [5.41, 5.74) is 6.51. The standard InChI is InChI=1S/C25H33N3O4S/c1-4-5-6-7-16-31-21-14-10-20(11-15-21)24(30)26-25(33)28-27-23(29)17-32-22-12-8-19(9-13-22)18(2)3/h8-15,18H,4-7,16-17H2,1-3H3,(H,27,29)(H2,26,28,30,33). The second-order valence-corrected chi connectivity index (χ2v) is 8.31. The fourth-order valence-corrected chi connectivity index (χ4v) is 3.03. The van der Waals surface area contributed by atoms with Crippen molar-refractivity contribution in [3.63, 3.8) is 0 Å². The Bertz CT molecular complexity index is 899. The average molecular weight is 472 g/mol. The number of ether oxygens (including phenoxy) is 2. The molecule has 0 radical (unpaired) electrons. The highest BCUT2D eigenvalue weighted by Gasteiger charge is 2.09. The predicted octanol–water partition coefficient (Wildman–Crippen LogP) is 4.48. The maximum Gasteiger partial charge on any atom is 0.276 e. The second kappa shape index (κ2) is 14.1. The van der Waals surface area contributed by atoms with Crippen LogP contribution in [-0.4, -0.2) is 30.1 Å². The number of carbonyl (C=O) groups is 2. The highest BCUT2D eigenvalue weighted by molar-refractivity contribution is 7.80. The summed E-state index contributed by atoms with van der Waals surface area (Å²) in [5, 5.41) is 2.49. The van der Waals surface area contributed by atoms with Crippen molar-refractivity contribution in [3.8, 4) is 11.5 Å². The van der Waals surface area contributed by atoms with Gasteiger partial charge in [0.15, 0.2) is 11.7 Å². The number of rotatable bonds is 11. The van der Waals surface area contributed by atoms with Gasteiger partial charge in [-0.15, -0.1) is 0 Å². The molecule has 0 atom stereocenters. The summed E-state index contributed by atoms with van der Waals surface area (Å²) in [6, 6.07) is 14.4. The fraction of sp³-hybridized carbons (Fsp3) is 0.400. The first-order valence-corrected chi connectivity index (χ1v) is 11.7. The molecule has 2 amide bonds. The van der Waals surface area contributed by atoms with E-state index < -0.39 is 11.8 Å². The molecule has 33 heavy (non-hydrogen) atoms. The minimum absolute atomic E-state index is 0.0223. The number of hydrazine groups is 1. The van der Waals surface area contributed by atoms with Crippen molar-refractivity contribution >= 4 is 29.1 Å². The zero-order chi connectivity index (χ0) is 24.1. The summed E-state index contributed by atoms with van der Waals surface area (Å²) in [5.74, 6) is 0.917. The molecule has 2 aromatic carbocycles. The first-order valence-electron chi connectivity index (χ1n) is 11.2. The van der Waals surface area contributed by atoms with Crippen LogP contribution in [-0.2, 0) is 4.79 Å². The van der Waals surface area contributed by atoms with Gasteiger partial charge in [-0.25, -0.2) is 0 Å². The number of benzene rings is 2. The van der Waals surface area contributed by atoms with Crippen LogP contribution < -0.4 is 25.6 Å². The van der Waals surface area contributed by atoms with E-state index in [0.29, 0.717) is 23.8 Å². The van der Waals surface area contributed by atoms with Gasteiger partial charge in [-0.05, 0) is 66.5 Å². The Hall–Kier alpha value is -3.13. The molecule has 0 spiro atoms. The number of hydrogen-bond acceptors (Lipinski definition) is 5. The van der Waals surface area contributed by atoms with Gasteiger partial charge >= 0.3 is 0 Å². The molecular weight excluding hydrogens is 438 g/mol. The zero-order valence-corrected chi connectivity index (χ0v) is 20.3. The maximum atomic E-state index is 12.3. The van der Waals surface area contributed by atoms with Gasteiger partial charge in [0.2, 0.25) is 0 Å². The minimum Gasteiger partial charge on any atom is -0.494 e. The molecule has 0 aliphatic heterocycles. The summed E-state index contributed by atoms with van der Waals surface area (Å²) in [6.45, 7) is 6.85. The Balaban J connectivity index is 1.67. The van der Waals surface area contributed by atoms with Crippen molar-refractivity contribution in [1.82, 2.24) is 16.2 Å². The lowest BCUT2D eigenvalue weighted by atomic mass is 10.0. The second-order valence-electron chi connectivity index (χ2n) is 7.90. The third-order valence-electron chi connectivity index (χ3n) is 4.84. The van der Waals surface area contributed by atoms with Gasteiger partial charge in [0.05, 0.1) is 6.61 Å². The number of amides is 2. The number of thiocarbonyl (C=S) groups is 1. The summed E-state index contributed by atoms with van der Waals surface area (Å²) < 4.78 is 11.1. The molecule has 2 rings (SSSR count). The lowest BCUT2D eigenvalue weighted by Crippen LogP contribution is -2.49. The summed E-state index contributed by atoms with van der Waals surface area (Å²) >= 11 is 5.06. The average Bonchev–Trinajstić information content (AvgIpc) is 2.82. The molecule has 0 aliphatic rings. The molecule has 0 heterocycles. The van der Waals surface area contributed by atoms with E-state index in [2.05, 4.69) is 36.9 Å². The molecule has 0 aromatic heterocycles. The quantitative estimate of drug-likeness (QED) is 0.254. The number of nitrogens with one attached hydrogen (secondary N) is 3. The lowest BCUT2D eigenvalue weighted by Gasteiger charge is -2.12. The van der Waals surface area contributed by atoms with Crippen LogP contribution in [0.1, 0.15) is 68.3 Å². The van der Waals surface area contributed by atoms with Crippen molar-refractivity contribution < 1.29 is 19.1 Å². The molecule has 0 bridgehead atoms. The monoisotopic (exact) mass is 471 g/mol. The molecule has 0 fully saturated rings. The molecule has 0 aliphatic carbocycles. The third kappa shape index (κ3) is 9.91. The van der Waals surface area contributed by atoms with Crippen molar-refractivity contribution in [2.45, 2.75) is 52.4 Å². The highest BCUT2D eigenvalue weighted by atomic mass is 32.1. The lowest BCUT2D eigenvalue weighted by molar-refractivity contribution is -0.123. The molecule has 0 saturated heterocycles. The van der Waals surface area contributed by atoms with E-state index in [4.69, 9.17) is 21.7 Å². The van der Waals surface area contributed by atoms with Gasteiger partial charge in [-0.1, -0.05) is 52.2 Å². The topological polar surface area (TPSA) is 88.7 Å². The van der Waals surface area contributed by atoms with E-state index >= 15 is 0 Å². The molecule has 2 aromatic rings. The summed E-state index contributed by atoms with van der Waals surface area (Å²) in [4.78, 5) is 24.3. The summed E-state index contributed by atoms with van der Waals surface area (Å²) in [7, 11) is 0. The van der Waals surface area contributed by atoms with Crippen LogP contribution in [0, 0.1) is 0 Å². The van der Waals surface area contributed by atoms with Crippen LogP contribution in [0.15, 0.2) is 48.5 Å². The Morgan fingerprint density at radius 1 is 0.879 bits per heavy atom. The molecule has 178 valence electrons. The van der Waals surface area contributed by atoms with Crippen LogP contribution >= 0.6 is 12.2 Å². The largest absolute Gasteiger partial charge is 0.494 e. The van der Waals surface area contributed by atoms with Gasteiger partial charge in [0, 0.05) is 5.56 Å². The van der Waals surface area contributed by atoms with Crippen molar-refractivity contribution in [2.24, 2.45) is 0 Å². The molecule has 0 unspecified atom stereocenters. The van der Waals surface area contributed by atoms with E-state index in [-0.39, 0.29) is 11.7 Å². The Labute approximate surface area is 201 Å². The minimum atomic E-state index is -0.431. The molecule has 3 N–H and O–H groups in total. The van der Waals surface area contributed by atoms with Crippen molar-refractivity contribution in [3.05, 3.63) is 59.7 Å². The fourth-order valence-electron chi connectivity index (χ4n) is 2.89. The van der Waals surface area contributed by atoms with Gasteiger partial charge in [-0.3, -0.25) is 25.8 Å². The van der Waals surface area contributed by atoms with E-state index in [9.17, 15) is 9.59 Å². The number of carbonyl (C=O) groups excluding carboxylic acids is 2. The normalized spacial score (nSPS) is 10.4. The van der Waals surface area contributed by atoms with E-state index in [1.54, 1.807) is 24.3 Å². The molecule has 0 saturated carbocycles. The summed E-state index contributed by atoms with van der Waals surface area (Å²) in [6.07, 6.45) is 4.55. The van der Waals surface area contributed by atoms with Crippen molar-refractivity contribution in [2.75, 3.05) is 13.2 Å². The van der Waals surface area contributed by atoms with Crippen LogP contribution in [0.3, 0.4) is 0 Å². The van der Waals surface area contributed by atoms with E-state index in [0.717, 1.165) is 18.6 Å². The van der Waals surface area contributed by atoms with Crippen LogP contribution in [0.4, 0.5) is 0 Å². The Kier molecular flexibility index (Phi) is 11.2. The van der Waals surface area contributed by atoms with E-state index in [1.165, 1.54) is 18.4 Å². The smallest absolute Gasteiger partial charge is 0.276 e. The molecule has 7 nitrogen and oxygen atoms in total. The highest BCUT2D eigenvalue weighted by Crippen LogP contribution is 2.18. The van der Waals surface area contributed by atoms with Crippen LogP contribution in [0.25, 0.3) is 0 Å². The SMILES string of the molecule is CCCCCCOc1ccc(C(=O)NC(=S)NNC(=O)COc2ccc(C(C)C)cc2)cc1. The first-order chi connectivity index (χ1) is 15.9. The zero-order valence-electron chi connectivity index (χ0n) is 19.5. The Morgan fingerprint density at radius 2 is 1.52 bits per heavy atom. The Morgan fingerprint density at radius 3 is 2.15 bits per heavy atom.